The van der Waals surface area contributed by atoms with Crippen LogP contribution in [0.3, 0.4) is 0 Å². The van der Waals surface area contributed by atoms with Crippen molar-refractivity contribution >= 4 is 0 Å². The van der Waals surface area contributed by atoms with Crippen molar-refractivity contribution in [2.24, 2.45) is 5.41 Å². The molecule has 1 aliphatic rings. The summed E-state index contributed by atoms with van der Waals surface area (Å²) in [5, 5.41) is 0. The lowest BCUT2D eigenvalue weighted by Crippen LogP contribution is -2.31. The van der Waals surface area contributed by atoms with Crippen molar-refractivity contribution in [1.29, 1.82) is 0 Å². The summed E-state index contributed by atoms with van der Waals surface area (Å²) in [7, 11) is 0. The Hall–Kier alpha value is -1.30. The highest BCUT2D eigenvalue weighted by Crippen LogP contribution is 2.54. The molecule has 1 fully saturated rings. The molecule has 0 saturated heterocycles. The van der Waals surface area contributed by atoms with Gasteiger partial charge >= 0.3 is 0 Å². The topological polar surface area (TPSA) is 0 Å². The molecule has 1 aliphatic carbocycles. The first kappa shape index (κ1) is 19.7. The van der Waals surface area contributed by atoms with E-state index in [9.17, 15) is 0 Å². The molecule has 23 heavy (non-hydrogen) atoms. The zero-order valence-corrected chi connectivity index (χ0v) is 16.5. The highest BCUT2D eigenvalue weighted by Gasteiger charge is 2.41. The number of allylic oxidation sites excluding steroid dienone is 9. The third kappa shape index (κ3) is 4.16. The predicted molar refractivity (Wildman–Crippen MR) is 106 cm³/mol. The Labute approximate surface area is 144 Å². The van der Waals surface area contributed by atoms with Gasteiger partial charge in [-0.1, -0.05) is 60.8 Å². The Morgan fingerprint density at radius 2 is 1.26 bits per heavy atom. The molecule has 1 rings (SSSR count). The molecular formula is C23H36. The number of rotatable bonds is 5. The van der Waals surface area contributed by atoms with Crippen LogP contribution in [-0.4, -0.2) is 0 Å². The number of hydrogen-bond donors (Lipinski definition) is 0. The molecule has 0 N–H and O–H groups in total. The monoisotopic (exact) mass is 312 g/mol. The molecule has 0 aromatic heterocycles. The van der Waals surface area contributed by atoms with Gasteiger partial charge in [-0.15, -0.1) is 0 Å². The van der Waals surface area contributed by atoms with E-state index in [1.807, 2.05) is 6.08 Å². The first-order valence-corrected chi connectivity index (χ1v) is 9.10. The second-order valence-electron chi connectivity index (χ2n) is 7.45. The minimum Gasteiger partial charge on any atom is -0.0991 e. The fourth-order valence-electron chi connectivity index (χ4n) is 4.69. The van der Waals surface area contributed by atoms with Crippen LogP contribution < -0.4 is 0 Å². The van der Waals surface area contributed by atoms with Gasteiger partial charge in [0.2, 0.25) is 0 Å². The largest absolute Gasteiger partial charge is 0.0991 e. The van der Waals surface area contributed by atoms with E-state index in [0.717, 1.165) is 0 Å². The molecule has 0 radical (unpaired) electrons. The first-order chi connectivity index (χ1) is 10.8. The normalized spacial score (nSPS) is 18.4. The van der Waals surface area contributed by atoms with Gasteiger partial charge in [0.25, 0.3) is 0 Å². The Morgan fingerprint density at radius 1 is 0.783 bits per heavy atom. The Balaban J connectivity index is 3.73. The SMILES string of the molecule is C=C/C=C(/C)C(=C(C)C)C1(C(=C(C)C)/C(C)=C\C)CCCCC1. The van der Waals surface area contributed by atoms with Crippen LogP contribution in [0.1, 0.15) is 80.6 Å². The van der Waals surface area contributed by atoms with Gasteiger partial charge < -0.3 is 0 Å². The zero-order valence-electron chi connectivity index (χ0n) is 16.5. The van der Waals surface area contributed by atoms with E-state index >= 15 is 0 Å². The molecule has 1 saturated carbocycles. The highest BCUT2D eigenvalue weighted by atomic mass is 14.4. The standard InChI is InChI=1S/C23H36/c1-9-14-20(8)22(18(5)6)23(15-12-11-13-16-23)21(17(3)4)19(7)10-2/h9-10,14H,1,11-13,15-16H2,2-8H3/b19-10-,20-14-. The molecule has 0 atom stereocenters. The molecule has 0 aromatic rings. The van der Waals surface area contributed by atoms with Crippen molar-refractivity contribution in [2.45, 2.75) is 80.6 Å². The maximum atomic E-state index is 3.92. The summed E-state index contributed by atoms with van der Waals surface area (Å²) in [5.41, 5.74) is 9.04. The van der Waals surface area contributed by atoms with Crippen molar-refractivity contribution in [2.75, 3.05) is 0 Å². The predicted octanol–water partition coefficient (Wildman–Crippen LogP) is 7.71. The third-order valence-electron chi connectivity index (χ3n) is 5.25. The van der Waals surface area contributed by atoms with Gasteiger partial charge in [0.05, 0.1) is 0 Å². The van der Waals surface area contributed by atoms with Gasteiger partial charge in [0, 0.05) is 5.41 Å². The summed E-state index contributed by atoms with van der Waals surface area (Å²) < 4.78 is 0. The first-order valence-electron chi connectivity index (χ1n) is 9.10. The Morgan fingerprint density at radius 3 is 1.65 bits per heavy atom. The molecule has 0 aliphatic heterocycles. The molecule has 0 bridgehead atoms. The molecule has 0 unspecified atom stereocenters. The van der Waals surface area contributed by atoms with Gasteiger partial charge in [-0.2, -0.15) is 0 Å². The maximum Gasteiger partial charge on any atom is 0.0206 e. The summed E-state index contributed by atoms with van der Waals surface area (Å²) in [6.45, 7) is 19.8. The van der Waals surface area contributed by atoms with Crippen LogP contribution in [0.15, 0.2) is 58.2 Å². The van der Waals surface area contributed by atoms with Gasteiger partial charge in [-0.05, 0) is 78.0 Å². The summed E-state index contributed by atoms with van der Waals surface area (Å²) in [4.78, 5) is 0. The molecule has 0 spiro atoms. The van der Waals surface area contributed by atoms with E-state index in [-0.39, 0.29) is 5.41 Å². The maximum absolute atomic E-state index is 3.92. The summed E-state index contributed by atoms with van der Waals surface area (Å²) >= 11 is 0. The van der Waals surface area contributed by atoms with E-state index in [2.05, 4.69) is 67.2 Å². The van der Waals surface area contributed by atoms with E-state index < -0.39 is 0 Å². The molecule has 0 nitrogen and oxygen atoms in total. The number of hydrogen-bond acceptors (Lipinski definition) is 0. The Kier molecular flexibility index (Phi) is 7.32. The van der Waals surface area contributed by atoms with Crippen molar-refractivity contribution in [3.8, 4) is 0 Å². The fraction of sp³-hybridized carbons (Fsp3) is 0.565. The minimum atomic E-state index is 0.177. The van der Waals surface area contributed by atoms with E-state index in [0.29, 0.717) is 0 Å². The fourth-order valence-corrected chi connectivity index (χ4v) is 4.69. The van der Waals surface area contributed by atoms with Gasteiger partial charge in [0.15, 0.2) is 0 Å². The van der Waals surface area contributed by atoms with E-state index in [4.69, 9.17) is 0 Å². The smallest absolute Gasteiger partial charge is 0.0206 e. The lowest BCUT2D eigenvalue weighted by Gasteiger charge is -2.44. The van der Waals surface area contributed by atoms with Crippen molar-refractivity contribution < 1.29 is 0 Å². The highest BCUT2D eigenvalue weighted by molar-refractivity contribution is 5.52. The van der Waals surface area contributed by atoms with Crippen molar-refractivity contribution in [1.82, 2.24) is 0 Å². The van der Waals surface area contributed by atoms with Gasteiger partial charge in [0.1, 0.15) is 0 Å². The molecule has 0 heteroatoms. The van der Waals surface area contributed by atoms with Crippen molar-refractivity contribution in [3.05, 3.63) is 58.2 Å². The second-order valence-corrected chi connectivity index (χ2v) is 7.45. The van der Waals surface area contributed by atoms with E-state index in [1.165, 1.54) is 54.4 Å². The van der Waals surface area contributed by atoms with Crippen LogP contribution in [-0.2, 0) is 0 Å². The van der Waals surface area contributed by atoms with Crippen LogP contribution in [0.25, 0.3) is 0 Å². The van der Waals surface area contributed by atoms with Gasteiger partial charge in [-0.25, -0.2) is 0 Å². The molecule has 128 valence electrons. The summed E-state index contributed by atoms with van der Waals surface area (Å²) in [5.74, 6) is 0. The quantitative estimate of drug-likeness (QED) is 0.456. The van der Waals surface area contributed by atoms with Gasteiger partial charge in [-0.3, -0.25) is 0 Å². The van der Waals surface area contributed by atoms with Crippen LogP contribution in [0, 0.1) is 5.41 Å². The van der Waals surface area contributed by atoms with Crippen LogP contribution in [0.4, 0.5) is 0 Å². The zero-order chi connectivity index (χ0) is 17.6. The lowest BCUT2D eigenvalue weighted by atomic mass is 9.59. The molecule has 0 aromatic carbocycles. The third-order valence-corrected chi connectivity index (χ3v) is 5.25. The lowest BCUT2D eigenvalue weighted by molar-refractivity contribution is 0.291. The van der Waals surface area contributed by atoms with Crippen LogP contribution in [0.2, 0.25) is 0 Å². The molecular weight excluding hydrogens is 276 g/mol. The minimum absolute atomic E-state index is 0.177. The molecule has 0 heterocycles. The average molecular weight is 313 g/mol. The molecule has 0 amide bonds. The second kappa shape index (κ2) is 8.52. The van der Waals surface area contributed by atoms with Crippen LogP contribution in [0.5, 0.6) is 0 Å². The van der Waals surface area contributed by atoms with E-state index in [1.54, 1.807) is 11.1 Å². The summed E-state index contributed by atoms with van der Waals surface area (Å²) in [6.07, 6.45) is 13.0. The van der Waals surface area contributed by atoms with Crippen molar-refractivity contribution in [3.63, 3.8) is 0 Å². The summed E-state index contributed by atoms with van der Waals surface area (Å²) in [6, 6.07) is 0. The Bertz CT molecular complexity index is 547. The average Bonchev–Trinajstić information content (AvgIpc) is 2.47. The van der Waals surface area contributed by atoms with Crippen LogP contribution >= 0.6 is 0 Å².